The maximum Gasteiger partial charge on any atom is 0.0991 e. The van der Waals surface area contributed by atoms with E-state index in [1.165, 1.54) is 34.8 Å². The molecule has 0 bridgehead atoms. The van der Waals surface area contributed by atoms with Crippen LogP contribution in [0.4, 0.5) is 0 Å². The zero-order valence-corrected chi connectivity index (χ0v) is 13.7. The molecule has 1 saturated carbocycles. The summed E-state index contributed by atoms with van der Waals surface area (Å²) in [6, 6.07) is 0. The molecule has 0 unspecified atom stereocenters. The van der Waals surface area contributed by atoms with Crippen molar-refractivity contribution in [2.24, 2.45) is 0 Å². The molecule has 0 amide bonds. The van der Waals surface area contributed by atoms with E-state index >= 15 is 0 Å². The van der Waals surface area contributed by atoms with Crippen molar-refractivity contribution in [1.82, 2.24) is 15.3 Å². The fourth-order valence-electron chi connectivity index (χ4n) is 2.32. The molecule has 3 rings (SSSR count). The molecule has 0 aliphatic heterocycles. The summed E-state index contributed by atoms with van der Waals surface area (Å²) in [5.74, 6) is 0.732. The van der Waals surface area contributed by atoms with Gasteiger partial charge >= 0.3 is 0 Å². The molecule has 0 atom stereocenters. The van der Waals surface area contributed by atoms with Gasteiger partial charge in [0.05, 0.1) is 21.4 Å². The Morgan fingerprint density at radius 3 is 2.85 bits per heavy atom. The second kappa shape index (κ2) is 6.33. The maximum atomic E-state index is 4.90. The first-order valence-electron chi connectivity index (χ1n) is 7.36. The van der Waals surface area contributed by atoms with Crippen molar-refractivity contribution in [3.8, 4) is 0 Å². The van der Waals surface area contributed by atoms with Gasteiger partial charge in [0.1, 0.15) is 0 Å². The molecule has 1 aliphatic rings. The summed E-state index contributed by atoms with van der Waals surface area (Å²) < 4.78 is 0. The van der Waals surface area contributed by atoms with Gasteiger partial charge in [-0.3, -0.25) is 0 Å². The molecule has 0 spiro atoms. The molecule has 3 nitrogen and oxygen atoms in total. The number of nitrogens with one attached hydrogen (secondary N) is 1. The van der Waals surface area contributed by atoms with Gasteiger partial charge in [0.15, 0.2) is 0 Å². The maximum absolute atomic E-state index is 4.90. The van der Waals surface area contributed by atoms with Crippen LogP contribution < -0.4 is 5.32 Å². The molecule has 1 N–H and O–H groups in total. The summed E-state index contributed by atoms with van der Waals surface area (Å²) in [4.78, 5) is 10.9. The van der Waals surface area contributed by atoms with Gasteiger partial charge in [-0.15, -0.1) is 22.7 Å². The van der Waals surface area contributed by atoms with Gasteiger partial charge in [0, 0.05) is 29.1 Å². The molecule has 5 heteroatoms. The smallest absolute Gasteiger partial charge is 0.0991 e. The van der Waals surface area contributed by atoms with Gasteiger partial charge in [-0.05, 0) is 32.7 Å². The van der Waals surface area contributed by atoms with E-state index in [1.54, 1.807) is 11.3 Å². The van der Waals surface area contributed by atoms with Crippen LogP contribution >= 0.6 is 22.7 Å². The van der Waals surface area contributed by atoms with Gasteiger partial charge in [0.25, 0.3) is 0 Å². The predicted molar refractivity (Wildman–Crippen MR) is 85.7 cm³/mol. The molecule has 0 saturated heterocycles. The molecule has 2 aromatic rings. The summed E-state index contributed by atoms with van der Waals surface area (Å²) in [5.41, 5.74) is 2.53. The van der Waals surface area contributed by atoms with Gasteiger partial charge in [-0.1, -0.05) is 6.92 Å². The van der Waals surface area contributed by atoms with Crippen molar-refractivity contribution in [2.75, 3.05) is 6.54 Å². The highest BCUT2D eigenvalue weighted by Gasteiger charge is 2.29. The Balaban J connectivity index is 1.72. The lowest BCUT2D eigenvalue weighted by molar-refractivity contribution is 0.676. The normalized spacial score (nSPS) is 14.9. The van der Waals surface area contributed by atoms with E-state index in [4.69, 9.17) is 4.98 Å². The highest BCUT2D eigenvalue weighted by atomic mass is 32.1. The van der Waals surface area contributed by atoms with Crippen LogP contribution in [0, 0.1) is 6.92 Å². The molecular weight excluding hydrogens is 286 g/mol. The molecule has 2 aromatic heterocycles. The highest BCUT2D eigenvalue weighted by Crippen LogP contribution is 2.42. The average molecular weight is 307 g/mol. The molecule has 2 heterocycles. The minimum atomic E-state index is 0.732. The van der Waals surface area contributed by atoms with Crippen LogP contribution in [0.2, 0.25) is 0 Å². The third-order valence-electron chi connectivity index (χ3n) is 3.45. The fraction of sp³-hybridized carbons (Fsp3) is 0.600. The lowest BCUT2D eigenvalue weighted by atomic mass is 10.2. The van der Waals surface area contributed by atoms with Crippen LogP contribution in [0.25, 0.3) is 0 Å². The van der Waals surface area contributed by atoms with Gasteiger partial charge in [-0.25, -0.2) is 9.97 Å². The molecule has 0 radical (unpaired) electrons. The zero-order valence-electron chi connectivity index (χ0n) is 12.1. The first-order valence-corrected chi connectivity index (χ1v) is 9.06. The van der Waals surface area contributed by atoms with E-state index in [9.17, 15) is 0 Å². The van der Waals surface area contributed by atoms with Crippen LogP contribution in [-0.2, 0) is 13.0 Å². The van der Waals surface area contributed by atoms with Crippen LogP contribution in [0.1, 0.15) is 58.4 Å². The number of thiazole rings is 2. The van der Waals surface area contributed by atoms with Gasteiger partial charge < -0.3 is 5.32 Å². The van der Waals surface area contributed by atoms with Crippen LogP contribution in [-0.4, -0.2) is 16.5 Å². The van der Waals surface area contributed by atoms with E-state index in [0.717, 1.165) is 36.1 Å². The standard InChI is InChI=1S/C15H21N3S2/c1-3-6-16-8-13-15(11-4-5-11)18-14(20-13)7-12-9-19-10(2)17-12/h9,11,16H,3-8H2,1-2H3. The van der Waals surface area contributed by atoms with E-state index in [-0.39, 0.29) is 0 Å². The number of hydrogen-bond acceptors (Lipinski definition) is 5. The Kier molecular flexibility index (Phi) is 4.48. The molecule has 1 aliphatic carbocycles. The first-order chi connectivity index (χ1) is 9.76. The van der Waals surface area contributed by atoms with Crippen molar-refractivity contribution in [1.29, 1.82) is 0 Å². The monoisotopic (exact) mass is 307 g/mol. The second-order valence-corrected chi connectivity index (χ2v) is 7.63. The largest absolute Gasteiger partial charge is 0.312 e. The van der Waals surface area contributed by atoms with Crippen molar-refractivity contribution >= 4 is 22.7 Å². The van der Waals surface area contributed by atoms with Crippen LogP contribution in [0.15, 0.2) is 5.38 Å². The fourth-order valence-corrected chi connectivity index (χ4v) is 4.07. The summed E-state index contributed by atoms with van der Waals surface area (Å²) in [5, 5.41) is 8.04. The Bertz CT molecular complexity index is 569. The zero-order chi connectivity index (χ0) is 13.9. The molecule has 108 valence electrons. The predicted octanol–water partition coefficient (Wildman–Crippen LogP) is 3.88. The number of aryl methyl sites for hydroxylation is 1. The third-order valence-corrected chi connectivity index (χ3v) is 5.34. The van der Waals surface area contributed by atoms with Crippen molar-refractivity contribution in [3.63, 3.8) is 0 Å². The number of aromatic nitrogens is 2. The third kappa shape index (κ3) is 3.45. The van der Waals surface area contributed by atoms with E-state index < -0.39 is 0 Å². The van der Waals surface area contributed by atoms with Crippen molar-refractivity contribution in [2.45, 2.75) is 52.0 Å². The summed E-state index contributed by atoms with van der Waals surface area (Å²) in [7, 11) is 0. The summed E-state index contributed by atoms with van der Waals surface area (Å²) in [6.45, 7) is 6.33. The highest BCUT2D eigenvalue weighted by molar-refractivity contribution is 7.11. The Hall–Kier alpha value is -0.780. The summed E-state index contributed by atoms with van der Waals surface area (Å²) >= 11 is 3.60. The second-order valence-electron chi connectivity index (χ2n) is 5.40. The molecule has 0 aromatic carbocycles. The first kappa shape index (κ1) is 14.2. The van der Waals surface area contributed by atoms with Crippen LogP contribution in [0.5, 0.6) is 0 Å². The summed E-state index contributed by atoms with van der Waals surface area (Å²) in [6.07, 6.45) is 4.71. The lowest BCUT2D eigenvalue weighted by Crippen LogP contribution is -2.13. The molecule has 20 heavy (non-hydrogen) atoms. The van der Waals surface area contributed by atoms with Crippen LogP contribution in [0.3, 0.4) is 0 Å². The van der Waals surface area contributed by atoms with Gasteiger partial charge in [0.2, 0.25) is 0 Å². The van der Waals surface area contributed by atoms with Gasteiger partial charge in [-0.2, -0.15) is 0 Å². The topological polar surface area (TPSA) is 37.8 Å². The van der Waals surface area contributed by atoms with Crippen molar-refractivity contribution < 1.29 is 0 Å². The van der Waals surface area contributed by atoms with E-state index in [2.05, 4.69) is 29.5 Å². The lowest BCUT2D eigenvalue weighted by Gasteiger charge is -2.01. The Morgan fingerprint density at radius 2 is 2.20 bits per heavy atom. The SMILES string of the molecule is CCCNCc1sc(Cc2csc(C)n2)nc1C1CC1. The Morgan fingerprint density at radius 1 is 1.35 bits per heavy atom. The van der Waals surface area contributed by atoms with E-state index in [0.29, 0.717) is 0 Å². The quantitative estimate of drug-likeness (QED) is 0.789. The number of rotatable bonds is 7. The Labute approximate surface area is 128 Å². The minimum absolute atomic E-state index is 0.732. The molecular formula is C15H21N3S2. The number of hydrogen-bond donors (Lipinski definition) is 1. The molecule has 1 fully saturated rings. The van der Waals surface area contributed by atoms with E-state index in [1.807, 2.05) is 11.3 Å². The van der Waals surface area contributed by atoms with Crippen molar-refractivity contribution in [3.05, 3.63) is 31.7 Å². The average Bonchev–Trinajstić information content (AvgIpc) is 3.08. The number of nitrogens with zero attached hydrogens (tertiary/aromatic N) is 2. The minimum Gasteiger partial charge on any atom is -0.312 e.